The fraction of sp³-hybridized carbons (Fsp3) is 0.0244. The second kappa shape index (κ2) is 12.2. The van der Waals surface area contributed by atoms with Crippen molar-refractivity contribution in [3.63, 3.8) is 0 Å². The van der Waals surface area contributed by atoms with Gasteiger partial charge in [-0.2, -0.15) is 0 Å². The number of hydrogen-bond acceptors (Lipinski definition) is 3. The van der Waals surface area contributed by atoms with Gasteiger partial charge in [-0.05, 0) is 120 Å². The van der Waals surface area contributed by atoms with Crippen molar-refractivity contribution in [2.45, 2.75) is 6.92 Å². The van der Waals surface area contributed by atoms with E-state index in [0.717, 1.165) is 45.5 Å². The van der Waals surface area contributed by atoms with Crippen molar-refractivity contribution in [3.8, 4) is 0 Å². The fourth-order valence-corrected chi connectivity index (χ4v) is 5.69. The molecule has 1 N–H and O–H groups in total. The van der Waals surface area contributed by atoms with E-state index in [1.165, 1.54) is 16.3 Å². The van der Waals surface area contributed by atoms with Gasteiger partial charge in [-0.1, -0.05) is 78.9 Å². The number of para-hydroxylation sites is 2. The molecule has 0 saturated heterocycles. The Bertz CT molecular complexity index is 1980. The maximum Gasteiger partial charge on any atom is 0.0468 e. The van der Waals surface area contributed by atoms with Crippen LogP contribution >= 0.6 is 0 Å². The number of nitrogens with zero attached hydrogens (tertiary/aromatic N) is 2. The summed E-state index contributed by atoms with van der Waals surface area (Å²) < 4.78 is 0. The molecule has 0 bridgehead atoms. The lowest BCUT2D eigenvalue weighted by Crippen LogP contribution is -2.10. The zero-order valence-electron chi connectivity index (χ0n) is 24.6. The molecule has 0 heterocycles. The number of fused-ring (bicyclic) bond motifs is 1. The third-order valence-electron chi connectivity index (χ3n) is 7.82. The minimum atomic E-state index is 1.03. The number of hydrogen-bond donors (Lipinski definition) is 1. The highest BCUT2D eigenvalue weighted by Gasteiger charge is 2.14. The first-order valence-corrected chi connectivity index (χ1v) is 14.9. The first-order valence-electron chi connectivity index (χ1n) is 14.9. The maximum atomic E-state index is 3.59. The summed E-state index contributed by atoms with van der Waals surface area (Å²) in [5, 5.41) is 6.05. The molecule has 0 aliphatic rings. The Morgan fingerprint density at radius 1 is 0.341 bits per heavy atom. The van der Waals surface area contributed by atoms with Crippen LogP contribution in [0.5, 0.6) is 0 Å². The standard InChI is InChI=1S/C41H33N3/c1-31-11-10-18-40(29-31)43(36-14-4-2-5-15-36)38-25-20-34(21-26-38)42-35-22-27-39(28-23-35)44(37-16-6-3-7-17-37)41-24-19-32-12-8-9-13-33(32)30-41/h2-30,42H,1H3. The van der Waals surface area contributed by atoms with Crippen LogP contribution < -0.4 is 15.1 Å². The van der Waals surface area contributed by atoms with Crippen molar-refractivity contribution in [2.75, 3.05) is 15.1 Å². The molecule has 44 heavy (non-hydrogen) atoms. The monoisotopic (exact) mass is 567 g/mol. The van der Waals surface area contributed by atoms with E-state index in [2.05, 4.69) is 198 Å². The van der Waals surface area contributed by atoms with Crippen LogP contribution in [-0.4, -0.2) is 0 Å². The smallest absolute Gasteiger partial charge is 0.0468 e. The molecular formula is C41H33N3. The third kappa shape index (κ3) is 5.77. The summed E-state index contributed by atoms with van der Waals surface area (Å²) in [7, 11) is 0. The molecule has 3 heteroatoms. The number of rotatable bonds is 8. The Kier molecular flexibility index (Phi) is 7.51. The number of aryl methyl sites for hydroxylation is 1. The molecule has 7 aromatic rings. The van der Waals surface area contributed by atoms with E-state index in [-0.39, 0.29) is 0 Å². The van der Waals surface area contributed by atoms with Crippen LogP contribution in [0.15, 0.2) is 176 Å². The van der Waals surface area contributed by atoms with Crippen molar-refractivity contribution >= 4 is 56.3 Å². The summed E-state index contributed by atoms with van der Waals surface area (Å²) in [6.45, 7) is 2.13. The van der Waals surface area contributed by atoms with Crippen LogP contribution in [-0.2, 0) is 0 Å². The first kappa shape index (κ1) is 27.1. The first-order chi connectivity index (χ1) is 21.7. The second-order valence-electron chi connectivity index (χ2n) is 10.9. The molecule has 0 spiro atoms. The average molecular weight is 568 g/mol. The SMILES string of the molecule is Cc1cccc(N(c2ccccc2)c2ccc(Nc3ccc(N(c4ccccc4)c4ccc5ccccc5c4)cc3)cc2)c1. The van der Waals surface area contributed by atoms with E-state index in [1.54, 1.807) is 0 Å². The van der Waals surface area contributed by atoms with Crippen LogP contribution in [0.1, 0.15) is 5.56 Å². The van der Waals surface area contributed by atoms with E-state index in [0.29, 0.717) is 0 Å². The van der Waals surface area contributed by atoms with Crippen molar-refractivity contribution < 1.29 is 0 Å². The molecule has 0 atom stereocenters. The quantitative estimate of drug-likeness (QED) is 0.197. The summed E-state index contributed by atoms with van der Waals surface area (Å²) in [6, 6.07) is 62.0. The topological polar surface area (TPSA) is 18.5 Å². The Balaban J connectivity index is 1.15. The van der Waals surface area contributed by atoms with Gasteiger partial charge in [0.05, 0.1) is 0 Å². The van der Waals surface area contributed by atoms with Gasteiger partial charge < -0.3 is 15.1 Å². The van der Waals surface area contributed by atoms with Crippen molar-refractivity contribution in [1.82, 2.24) is 0 Å². The highest BCUT2D eigenvalue weighted by atomic mass is 15.1. The summed E-state index contributed by atoms with van der Waals surface area (Å²) >= 11 is 0. The van der Waals surface area contributed by atoms with Gasteiger partial charge in [-0.25, -0.2) is 0 Å². The largest absolute Gasteiger partial charge is 0.356 e. The Morgan fingerprint density at radius 3 is 1.32 bits per heavy atom. The Hall–Kier alpha value is -5.80. The van der Waals surface area contributed by atoms with E-state index in [9.17, 15) is 0 Å². The van der Waals surface area contributed by atoms with Crippen LogP contribution in [0.2, 0.25) is 0 Å². The number of anilines is 8. The lowest BCUT2D eigenvalue weighted by atomic mass is 10.1. The molecule has 0 unspecified atom stereocenters. The molecule has 0 aromatic heterocycles. The summed E-state index contributed by atoms with van der Waals surface area (Å²) in [5.74, 6) is 0. The normalized spacial score (nSPS) is 10.8. The minimum Gasteiger partial charge on any atom is -0.356 e. The summed E-state index contributed by atoms with van der Waals surface area (Å²) in [5.41, 5.74) is 10.0. The van der Waals surface area contributed by atoms with Crippen molar-refractivity contribution in [3.05, 3.63) is 181 Å². The molecule has 3 nitrogen and oxygen atoms in total. The van der Waals surface area contributed by atoms with Gasteiger partial charge in [-0.3, -0.25) is 0 Å². The highest BCUT2D eigenvalue weighted by molar-refractivity contribution is 5.89. The van der Waals surface area contributed by atoms with Gasteiger partial charge in [-0.15, -0.1) is 0 Å². The van der Waals surface area contributed by atoms with E-state index < -0.39 is 0 Å². The number of benzene rings is 7. The number of nitrogens with one attached hydrogen (secondary N) is 1. The molecule has 0 fully saturated rings. The third-order valence-corrected chi connectivity index (χ3v) is 7.82. The minimum absolute atomic E-state index is 1.03. The lowest BCUT2D eigenvalue weighted by molar-refractivity contribution is 1.27. The molecule has 7 rings (SSSR count). The summed E-state index contributed by atoms with van der Waals surface area (Å²) in [4.78, 5) is 4.59. The molecule has 212 valence electrons. The van der Waals surface area contributed by atoms with Gasteiger partial charge in [0, 0.05) is 45.5 Å². The summed E-state index contributed by atoms with van der Waals surface area (Å²) in [6.07, 6.45) is 0. The molecule has 0 aliphatic heterocycles. The van der Waals surface area contributed by atoms with Gasteiger partial charge >= 0.3 is 0 Å². The van der Waals surface area contributed by atoms with Crippen LogP contribution in [0.3, 0.4) is 0 Å². The lowest BCUT2D eigenvalue weighted by Gasteiger charge is -2.26. The molecule has 0 saturated carbocycles. The van der Waals surface area contributed by atoms with Gasteiger partial charge in [0.15, 0.2) is 0 Å². The Labute approximate surface area is 259 Å². The molecule has 0 radical (unpaired) electrons. The van der Waals surface area contributed by atoms with Crippen molar-refractivity contribution in [1.29, 1.82) is 0 Å². The van der Waals surface area contributed by atoms with Gasteiger partial charge in [0.2, 0.25) is 0 Å². The van der Waals surface area contributed by atoms with E-state index in [1.807, 2.05) is 0 Å². The predicted octanol–water partition coefficient (Wildman–Crippen LogP) is 11.8. The van der Waals surface area contributed by atoms with Crippen LogP contribution in [0.4, 0.5) is 45.5 Å². The van der Waals surface area contributed by atoms with Gasteiger partial charge in [0.1, 0.15) is 0 Å². The average Bonchev–Trinajstić information content (AvgIpc) is 3.08. The van der Waals surface area contributed by atoms with E-state index in [4.69, 9.17) is 0 Å². The molecular weight excluding hydrogens is 534 g/mol. The Morgan fingerprint density at radius 2 is 0.773 bits per heavy atom. The van der Waals surface area contributed by atoms with Crippen molar-refractivity contribution in [2.24, 2.45) is 0 Å². The van der Waals surface area contributed by atoms with E-state index >= 15 is 0 Å². The highest BCUT2D eigenvalue weighted by Crippen LogP contribution is 2.38. The molecule has 0 aliphatic carbocycles. The maximum absolute atomic E-state index is 3.59. The van der Waals surface area contributed by atoms with Crippen LogP contribution in [0, 0.1) is 6.92 Å². The molecule has 0 amide bonds. The predicted molar refractivity (Wildman–Crippen MR) is 188 cm³/mol. The molecule has 7 aromatic carbocycles. The zero-order chi connectivity index (χ0) is 29.7. The van der Waals surface area contributed by atoms with Crippen LogP contribution in [0.25, 0.3) is 10.8 Å². The van der Waals surface area contributed by atoms with Gasteiger partial charge in [0.25, 0.3) is 0 Å². The second-order valence-corrected chi connectivity index (χ2v) is 10.9. The zero-order valence-corrected chi connectivity index (χ0v) is 24.6. The fourth-order valence-electron chi connectivity index (χ4n) is 5.69.